The second-order valence-corrected chi connectivity index (χ2v) is 7.08. The third-order valence-electron chi connectivity index (χ3n) is 4.69. The maximum atomic E-state index is 13.0. The van der Waals surface area contributed by atoms with Gasteiger partial charge in [0.15, 0.2) is 0 Å². The molecule has 0 aliphatic carbocycles. The van der Waals surface area contributed by atoms with Crippen LogP contribution in [0.1, 0.15) is 21.6 Å². The summed E-state index contributed by atoms with van der Waals surface area (Å²) in [6, 6.07) is 12.8. The van der Waals surface area contributed by atoms with E-state index in [0.717, 1.165) is 5.56 Å². The van der Waals surface area contributed by atoms with Crippen molar-refractivity contribution in [1.82, 2.24) is 20.6 Å². The van der Waals surface area contributed by atoms with Gasteiger partial charge in [0.1, 0.15) is 23.5 Å². The van der Waals surface area contributed by atoms with Crippen molar-refractivity contribution in [1.29, 1.82) is 0 Å². The quantitative estimate of drug-likeness (QED) is 0.398. The Morgan fingerprint density at radius 1 is 0.844 bits per heavy atom. The van der Waals surface area contributed by atoms with Crippen LogP contribution in [0, 0.1) is 0 Å². The highest BCUT2D eigenvalue weighted by Gasteiger charge is 2.27. The smallest absolute Gasteiger partial charge is 0.326 e. The molecule has 0 unspecified atom stereocenters. The number of hydrogen-bond acceptors (Lipinski definition) is 6. The van der Waals surface area contributed by atoms with E-state index in [4.69, 9.17) is 0 Å². The van der Waals surface area contributed by atoms with Crippen LogP contribution < -0.4 is 10.6 Å². The Morgan fingerprint density at radius 3 is 2.12 bits per heavy atom. The molecule has 0 spiro atoms. The molecule has 2 amide bonds. The average Bonchev–Trinajstić information content (AvgIpc) is 2.80. The predicted octanol–water partition coefficient (Wildman–Crippen LogP) is 1.34. The molecule has 3 rings (SSSR count). The lowest BCUT2D eigenvalue weighted by Crippen LogP contribution is -2.53. The van der Waals surface area contributed by atoms with Crippen LogP contribution in [0.4, 0.5) is 0 Å². The summed E-state index contributed by atoms with van der Waals surface area (Å²) in [7, 11) is 0. The minimum Gasteiger partial charge on any atom is -0.508 e. The lowest BCUT2D eigenvalue weighted by molar-refractivity contribution is -0.142. The van der Waals surface area contributed by atoms with Gasteiger partial charge in [-0.15, -0.1) is 0 Å². The fourth-order valence-electron chi connectivity index (χ4n) is 3.05. The molecular weight excluding hydrogens is 412 g/mol. The van der Waals surface area contributed by atoms with Crippen molar-refractivity contribution in [2.45, 2.75) is 24.9 Å². The van der Waals surface area contributed by atoms with Crippen molar-refractivity contribution in [3.05, 3.63) is 90.0 Å². The van der Waals surface area contributed by atoms with Crippen molar-refractivity contribution in [2.75, 3.05) is 0 Å². The Bertz CT molecular complexity index is 1060. The molecule has 0 bridgehead atoms. The molecule has 9 heteroatoms. The Morgan fingerprint density at radius 2 is 1.50 bits per heavy atom. The zero-order valence-corrected chi connectivity index (χ0v) is 17.0. The van der Waals surface area contributed by atoms with Crippen molar-refractivity contribution < 1.29 is 24.6 Å². The number of phenols is 1. The summed E-state index contributed by atoms with van der Waals surface area (Å²) in [5.41, 5.74) is 1.44. The van der Waals surface area contributed by atoms with Gasteiger partial charge < -0.3 is 20.8 Å². The fraction of sp³-hybridized carbons (Fsp3) is 0.174. The second-order valence-electron chi connectivity index (χ2n) is 7.08. The number of phenolic OH excluding ortho intramolecular Hbond substituents is 1. The molecule has 164 valence electrons. The van der Waals surface area contributed by atoms with Gasteiger partial charge in [-0.2, -0.15) is 0 Å². The van der Waals surface area contributed by atoms with Crippen LogP contribution in [0.5, 0.6) is 5.75 Å². The lowest BCUT2D eigenvalue weighted by atomic mass is 10.0. The molecule has 32 heavy (non-hydrogen) atoms. The van der Waals surface area contributed by atoms with Gasteiger partial charge >= 0.3 is 5.97 Å². The minimum absolute atomic E-state index is 0.0232. The van der Waals surface area contributed by atoms with E-state index >= 15 is 0 Å². The number of carboxylic acid groups (broad SMARTS) is 1. The number of aromatic hydroxyl groups is 1. The Balaban J connectivity index is 1.78. The molecule has 4 N–H and O–H groups in total. The molecule has 0 radical (unpaired) electrons. The molecule has 3 aromatic rings. The standard InChI is InChI=1S/C23H22N4O5/c28-17-8-6-16(7-9-17)12-18(26-22(30)20-14-24-10-11-25-20)21(29)27-19(23(31)32)13-15-4-2-1-3-5-15/h1-11,14,18-19,28H,12-13H2,(H,26,30)(H,27,29)(H,31,32)/t18-,19-/m0/s1. The first-order valence-electron chi connectivity index (χ1n) is 9.84. The SMILES string of the molecule is O=C(N[C@@H](Cc1ccc(O)cc1)C(=O)N[C@@H](Cc1ccccc1)C(=O)O)c1cnccn1. The van der Waals surface area contributed by atoms with Crippen molar-refractivity contribution in [2.24, 2.45) is 0 Å². The number of carboxylic acids is 1. The summed E-state index contributed by atoms with van der Waals surface area (Å²) in [6.07, 6.45) is 4.20. The Hall–Kier alpha value is -4.27. The minimum atomic E-state index is -1.19. The number of rotatable bonds is 9. The van der Waals surface area contributed by atoms with Crippen LogP contribution in [-0.4, -0.2) is 50.0 Å². The normalized spacial score (nSPS) is 12.4. The fourth-order valence-corrected chi connectivity index (χ4v) is 3.05. The van der Waals surface area contributed by atoms with E-state index in [1.165, 1.54) is 30.7 Å². The van der Waals surface area contributed by atoms with Crippen molar-refractivity contribution in [3.63, 3.8) is 0 Å². The molecule has 0 saturated carbocycles. The summed E-state index contributed by atoms with van der Waals surface area (Å²) >= 11 is 0. The molecule has 0 fully saturated rings. The first-order valence-corrected chi connectivity index (χ1v) is 9.84. The van der Waals surface area contributed by atoms with E-state index in [-0.39, 0.29) is 24.3 Å². The highest BCUT2D eigenvalue weighted by molar-refractivity contribution is 5.96. The molecule has 0 saturated heterocycles. The number of benzene rings is 2. The zero-order chi connectivity index (χ0) is 22.9. The van der Waals surface area contributed by atoms with Crippen LogP contribution in [0.2, 0.25) is 0 Å². The molecule has 0 aliphatic heterocycles. The summed E-state index contributed by atoms with van der Waals surface area (Å²) in [6.45, 7) is 0. The van der Waals surface area contributed by atoms with Crippen LogP contribution in [0.25, 0.3) is 0 Å². The number of nitrogens with zero attached hydrogens (tertiary/aromatic N) is 2. The Labute approximate surface area is 184 Å². The summed E-state index contributed by atoms with van der Waals surface area (Å²) < 4.78 is 0. The molecule has 0 aliphatic rings. The molecule has 1 heterocycles. The number of carbonyl (C=O) groups excluding carboxylic acids is 2. The maximum absolute atomic E-state index is 13.0. The van der Waals surface area contributed by atoms with Crippen LogP contribution in [-0.2, 0) is 22.4 Å². The van der Waals surface area contributed by atoms with Gasteiger partial charge in [-0.25, -0.2) is 9.78 Å². The van der Waals surface area contributed by atoms with E-state index in [1.54, 1.807) is 36.4 Å². The number of hydrogen-bond donors (Lipinski definition) is 4. The largest absolute Gasteiger partial charge is 0.508 e. The van der Waals surface area contributed by atoms with Gasteiger partial charge in [-0.1, -0.05) is 42.5 Å². The maximum Gasteiger partial charge on any atom is 0.326 e. The second kappa shape index (κ2) is 10.7. The third kappa shape index (κ3) is 6.36. The van der Waals surface area contributed by atoms with E-state index < -0.39 is 29.9 Å². The number of aromatic nitrogens is 2. The van der Waals surface area contributed by atoms with Gasteiger partial charge in [0.2, 0.25) is 5.91 Å². The van der Waals surface area contributed by atoms with Gasteiger partial charge in [-0.3, -0.25) is 14.6 Å². The number of nitrogens with one attached hydrogen (secondary N) is 2. The summed E-state index contributed by atoms with van der Waals surface area (Å²) in [5.74, 6) is -2.40. The summed E-state index contributed by atoms with van der Waals surface area (Å²) in [4.78, 5) is 45.1. The highest BCUT2D eigenvalue weighted by atomic mass is 16.4. The molecular formula is C23H22N4O5. The van der Waals surface area contributed by atoms with Crippen molar-refractivity contribution >= 4 is 17.8 Å². The van der Waals surface area contributed by atoms with E-state index in [2.05, 4.69) is 20.6 Å². The lowest BCUT2D eigenvalue weighted by Gasteiger charge is -2.21. The monoisotopic (exact) mass is 434 g/mol. The van der Waals surface area contributed by atoms with Crippen LogP contribution in [0.3, 0.4) is 0 Å². The highest BCUT2D eigenvalue weighted by Crippen LogP contribution is 2.12. The average molecular weight is 434 g/mol. The molecule has 9 nitrogen and oxygen atoms in total. The van der Waals surface area contributed by atoms with Crippen molar-refractivity contribution in [3.8, 4) is 5.75 Å². The molecule has 1 aromatic heterocycles. The summed E-state index contributed by atoms with van der Waals surface area (Å²) in [5, 5.41) is 24.2. The molecule has 2 aromatic carbocycles. The topological polar surface area (TPSA) is 142 Å². The van der Waals surface area contributed by atoms with E-state index in [1.807, 2.05) is 6.07 Å². The predicted molar refractivity (Wildman–Crippen MR) is 115 cm³/mol. The number of amides is 2. The van der Waals surface area contributed by atoms with Crippen LogP contribution >= 0.6 is 0 Å². The van der Waals surface area contributed by atoms with Crippen LogP contribution in [0.15, 0.2) is 73.2 Å². The third-order valence-corrected chi connectivity index (χ3v) is 4.69. The zero-order valence-electron chi connectivity index (χ0n) is 17.0. The first-order chi connectivity index (χ1) is 15.4. The number of aliphatic carboxylic acids is 1. The van der Waals surface area contributed by atoms with Gasteiger partial charge in [-0.05, 0) is 23.3 Å². The Kier molecular flexibility index (Phi) is 7.47. The van der Waals surface area contributed by atoms with Gasteiger partial charge in [0.05, 0.1) is 6.20 Å². The first kappa shape index (κ1) is 22.4. The molecule has 2 atom stereocenters. The van der Waals surface area contributed by atoms with E-state index in [0.29, 0.717) is 5.56 Å². The van der Waals surface area contributed by atoms with Gasteiger partial charge in [0.25, 0.3) is 5.91 Å². The van der Waals surface area contributed by atoms with Gasteiger partial charge in [0, 0.05) is 25.2 Å². The number of carbonyl (C=O) groups is 3. The van der Waals surface area contributed by atoms with E-state index in [9.17, 15) is 24.6 Å².